The predicted molar refractivity (Wildman–Crippen MR) is 87.6 cm³/mol. The van der Waals surface area contributed by atoms with Gasteiger partial charge in [-0.2, -0.15) is 0 Å². The Hall–Kier alpha value is -0.0200. The molecule has 1 fully saturated rings. The van der Waals surface area contributed by atoms with Crippen LogP contribution < -0.4 is 0 Å². The van der Waals surface area contributed by atoms with Crippen LogP contribution in [0, 0.1) is 17.8 Å². The first-order chi connectivity index (χ1) is 8.90. The van der Waals surface area contributed by atoms with Gasteiger partial charge in [-0.15, -0.1) is 0 Å². The van der Waals surface area contributed by atoms with Gasteiger partial charge >= 0.3 is 0 Å². The van der Waals surface area contributed by atoms with Crippen molar-refractivity contribution in [2.45, 2.75) is 46.0 Å². The van der Waals surface area contributed by atoms with E-state index in [1.807, 2.05) is 6.07 Å². The third kappa shape index (κ3) is 3.36. The van der Waals surface area contributed by atoms with E-state index in [1.165, 1.54) is 19.3 Å². The molecule has 3 atom stereocenters. The third-order valence-corrected chi connectivity index (χ3v) is 5.54. The van der Waals surface area contributed by atoms with Crippen molar-refractivity contribution in [1.29, 1.82) is 0 Å². The first kappa shape index (κ1) is 15.4. The molecular formula is C16H22Br2O. The zero-order valence-electron chi connectivity index (χ0n) is 11.8. The van der Waals surface area contributed by atoms with E-state index in [9.17, 15) is 5.11 Å². The minimum absolute atomic E-state index is 0.424. The summed E-state index contributed by atoms with van der Waals surface area (Å²) in [5.41, 5.74) is 1.10. The summed E-state index contributed by atoms with van der Waals surface area (Å²) in [4.78, 5) is 0. The maximum absolute atomic E-state index is 10.4. The van der Waals surface area contributed by atoms with E-state index in [2.05, 4.69) is 58.7 Å². The Balaban J connectivity index is 2.41. The van der Waals surface area contributed by atoms with E-state index in [4.69, 9.17) is 0 Å². The molecule has 106 valence electrons. The summed E-state index contributed by atoms with van der Waals surface area (Å²) in [7, 11) is 0. The summed E-state index contributed by atoms with van der Waals surface area (Å²) < 4.78 is 1.82. The fraction of sp³-hybridized carbons (Fsp3) is 0.625. The fourth-order valence-electron chi connectivity index (χ4n) is 3.43. The van der Waals surface area contributed by atoms with E-state index in [-0.39, 0.29) is 0 Å². The highest BCUT2D eigenvalue weighted by atomic mass is 79.9. The van der Waals surface area contributed by atoms with Gasteiger partial charge in [0.2, 0.25) is 0 Å². The maximum atomic E-state index is 10.4. The lowest BCUT2D eigenvalue weighted by atomic mass is 9.67. The lowest BCUT2D eigenvalue weighted by molar-refractivity contribution is 0.194. The molecule has 0 unspecified atom stereocenters. The van der Waals surface area contributed by atoms with Crippen LogP contribution in [0.1, 0.15) is 51.5 Å². The topological polar surface area (TPSA) is 20.2 Å². The largest absolute Gasteiger partial charge is 0.506 e. The lowest BCUT2D eigenvalue weighted by Gasteiger charge is -2.38. The maximum Gasteiger partial charge on any atom is 0.133 e. The molecule has 3 heteroatoms. The van der Waals surface area contributed by atoms with E-state index in [0.29, 0.717) is 23.5 Å². The number of benzene rings is 1. The van der Waals surface area contributed by atoms with Crippen molar-refractivity contribution in [3.63, 3.8) is 0 Å². The lowest BCUT2D eigenvalue weighted by Crippen LogP contribution is -2.26. The molecule has 0 aromatic heterocycles. The zero-order chi connectivity index (χ0) is 14.2. The molecule has 1 aromatic rings. The number of hydrogen-bond acceptors (Lipinski definition) is 1. The number of halogens is 2. The van der Waals surface area contributed by atoms with Crippen molar-refractivity contribution in [1.82, 2.24) is 0 Å². The van der Waals surface area contributed by atoms with Crippen LogP contribution in [-0.4, -0.2) is 5.11 Å². The van der Waals surface area contributed by atoms with Crippen LogP contribution in [0.5, 0.6) is 5.75 Å². The molecule has 0 spiro atoms. The highest BCUT2D eigenvalue weighted by Crippen LogP contribution is 2.48. The van der Waals surface area contributed by atoms with Gasteiger partial charge in [0.15, 0.2) is 0 Å². The predicted octanol–water partition coefficient (Wildman–Crippen LogP) is 6.09. The fourth-order valence-corrected chi connectivity index (χ4v) is 4.69. The van der Waals surface area contributed by atoms with E-state index in [0.717, 1.165) is 20.4 Å². The molecule has 0 radical (unpaired) electrons. The van der Waals surface area contributed by atoms with Crippen molar-refractivity contribution in [2.75, 3.05) is 0 Å². The minimum Gasteiger partial charge on any atom is -0.506 e. The quantitative estimate of drug-likeness (QED) is 0.648. The van der Waals surface area contributed by atoms with Crippen molar-refractivity contribution < 1.29 is 5.11 Å². The number of hydrogen-bond donors (Lipinski definition) is 1. The van der Waals surface area contributed by atoms with Crippen molar-refractivity contribution in [3.05, 3.63) is 26.6 Å². The molecule has 0 bridgehead atoms. The second kappa shape index (κ2) is 6.17. The number of phenols is 1. The van der Waals surface area contributed by atoms with Crippen molar-refractivity contribution in [3.8, 4) is 5.75 Å². The molecule has 0 amide bonds. The van der Waals surface area contributed by atoms with Crippen LogP contribution in [0.4, 0.5) is 0 Å². The molecular weight excluding hydrogens is 368 g/mol. The summed E-state index contributed by atoms with van der Waals surface area (Å²) in [5.74, 6) is 2.97. The van der Waals surface area contributed by atoms with Gasteiger partial charge in [0.1, 0.15) is 5.75 Å². The third-order valence-electron chi connectivity index (χ3n) is 4.48. The van der Waals surface area contributed by atoms with Crippen LogP contribution in [-0.2, 0) is 0 Å². The smallest absolute Gasteiger partial charge is 0.133 e. The van der Waals surface area contributed by atoms with Crippen LogP contribution in [0.3, 0.4) is 0 Å². The van der Waals surface area contributed by atoms with Crippen LogP contribution in [0.15, 0.2) is 21.1 Å². The van der Waals surface area contributed by atoms with E-state index < -0.39 is 0 Å². The van der Waals surface area contributed by atoms with Gasteiger partial charge in [-0.3, -0.25) is 0 Å². The standard InChI is InChI=1S/C16H22Br2O/c1-9(2)12-5-4-10(3)6-13(12)14-7-11(17)8-15(18)16(14)19/h7-10,12-13,19H,4-6H2,1-3H3/t10-,12+,13+/m0/s1. The van der Waals surface area contributed by atoms with E-state index in [1.54, 1.807) is 0 Å². The van der Waals surface area contributed by atoms with Gasteiger partial charge in [0.25, 0.3) is 0 Å². The minimum atomic E-state index is 0.424. The normalized spacial score (nSPS) is 27.8. The average molecular weight is 390 g/mol. The molecule has 19 heavy (non-hydrogen) atoms. The molecule has 0 saturated heterocycles. The first-order valence-corrected chi connectivity index (χ1v) is 8.66. The van der Waals surface area contributed by atoms with Crippen LogP contribution in [0.2, 0.25) is 0 Å². The molecule has 1 saturated carbocycles. The molecule has 1 nitrogen and oxygen atoms in total. The number of aromatic hydroxyl groups is 1. The van der Waals surface area contributed by atoms with Gasteiger partial charge in [-0.25, -0.2) is 0 Å². The Morgan fingerprint density at radius 2 is 1.89 bits per heavy atom. The van der Waals surface area contributed by atoms with Crippen LogP contribution in [0.25, 0.3) is 0 Å². The summed E-state index contributed by atoms with van der Waals surface area (Å²) in [6, 6.07) is 4.01. The molecule has 1 N–H and O–H groups in total. The number of rotatable bonds is 2. The molecule has 0 aliphatic heterocycles. The Labute approximate surface area is 133 Å². The zero-order valence-corrected chi connectivity index (χ0v) is 15.0. The molecule has 1 aromatic carbocycles. The first-order valence-electron chi connectivity index (χ1n) is 7.08. The Kier molecular flexibility index (Phi) is 4.99. The second-order valence-electron chi connectivity index (χ2n) is 6.26. The van der Waals surface area contributed by atoms with Gasteiger partial charge in [0.05, 0.1) is 4.47 Å². The summed E-state index contributed by atoms with van der Waals surface area (Å²) in [6.45, 7) is 6.93. The van der Waals surface area contributed by atoms with Crippen molar-refractivity contribution in [2.24, 2.45) is 17.8 Å². The Morgan fingerprint density at radius 1 is 1.21 bits per heavy atom. The average Bonchev–Trinajstić information content (AvgIpc) is 2.33. The summed E-state index contributed by atoms with van der Waals surface area (Å²) >= 11 is 7.00. The Bertz CT molecular complexity index is 456. The summed E-state index contributed by atoms with van der Waals surface area (Å²) in [6.07, 6.45) is 3.77. The highest BCUT2D eigenvalue weighted by molar-refractivity contribution is 9.11. The van der Waals surface area contributed by atoms with Gasteiger partial charge in [-0.1, -0.05) is 43.1 Å². The molecule has 2 rings (SSSR count). The van der Waals surface area contributed by atoms with Gasteiger partial charge in [-0.05, 0) is 70.1 Å². The van der Waals surface area contributed by atoms with E-state index >= 15 is 0 Å². The monoisotopic (exact) mass is 388 g/mol. The molecule has 1 aliphatic rings. The summed E-state index contributed by atoms with van der Waals surface area (Å²) in [5, 5.41) is 10.4. The van der Waals surface area contributed by atoms with Gasteiger partial charge in [0, 0.05) is 4.47 Å². The van der Waals surface area contributed by atoms with Crippen LogP contribution >= 0.6 is 31.9 Å². The highest BCUT2D eigenvalue weighted by Gasteiger charge is 2.33. The molecule has 0 heterocycles. The Morgan fingerprint density at radius 3 is 2.53 bits per heavy atom. The molecule has 1 aliphatic carbocycles. The van der Waals surface area contributed by atoms with Crippen molar-refractivity contribution >= 4 is 31.9 Å². The second-order valence-corrected chi connectivity index (χ2v) is 8.03. The number of phenolic OH excluding ortho intramolecular Hbond substituents is 1. The van der Waals surface area contributed by atoms with Gasteiger partial charge < -0.3 is 5.11 Å². The SMILES string of the molecule is CC(C)[C@H]1CC[C@H](C)C[C@H]1c1cc(Br)cc(Br)c1O.